The Morgan fingerprint density at radius 3 is 2.62 bits per heavy atom. The Hall–Kier alpha value is -2.39. The minimum absolute atomic E-state index is 0.539. The van der Waals surface area contributed by atoms with Gasteiger partial charge in [0.25, 0.3) is 0 Å². The third-order valence-corrected chi connectivity index (χ3v) is 4.92. The van der Waals surface area contributed by atoms with E-state index >= 15 is 0 Å². The molecule has 1 aromatic heterocycles. The van der Waals surface area contributed by atoms with Gasteiger partial charge in [0.2, 0.25) is 0 Å². The molecular weight excluding hydrogens is 294 g/mol. The first-order valence-electron chi connectivity index (χ1n) is 8.68. The van der Waals surface area contributed by atoms with E-state index in [0.717, 1.165) is 13.1 Å². The summed E-state index contributed by atoms with van der Waals surface area (Å²) in [6, 6.07) is 16.3. The molecule has 3 aromatic rings. The van der Waals surface area contributed by atoms with Gasteiger partial charge in [0, 0.05) is 25.0 Å². The molecule has 122 valence electrons. The highest BCUT2D eigenvalue weighted by atomic mass is 15.0. The van der Waals surface area contributed by atoms with Gasteiger partial charge in [0.15, 0.2) is 0 Å². The van der Waals surface area contributed by atoms with Crippen molar-refractivity contribution < 1.29 is 0 Å². The zero-order valence-electron chi connectivity index (χ0n) is 14.1. The standard InChI is InChI=1S/C21H23N3/c1-16-13-19(8-9-20(16)21-3-2-10-23-21)18-6-4-17(5-7-18)14-24-12-11-22-15-24/h4-9,11-13,15,21,23H,2-3,10,14H2,1H3. The highest BCUT2D eigenvalue weighted by Gasteiger charge is 2.17. The van der Waals surface area contributed by atoms with Gasteiger partial charge in [0.1, 0.15) is 0 Å². The van der Waals surface area contributed by atoms with E-state index in [9.17, 15) is 0 Å². The van der Waals surface area contributed by atoms with Crippen LogP contribution in [0.5, 0.6) is 0 Å². The largest absolute Gasteiger partial charge is 0.333 e. The van der Waals surface area contributed by atoms with Crippen LogP contribution >= 0.6 is 0 Å². The first kappa shape index (κ1) is 15.2. The summed E-state index contributed by atoms with van der Waals surface area (Å²) in [7, 11) is 0. The summed E-state index contributed by atoms with van der Waals surface area (Å²) < 4.78 is 2.09. The van der Waals surface area contributed by atoms with Gasteiger partial charge in [-0.3, -0.25) is 0 Å². The third kappa shape index (κ3) is 3.13. The van der Waals surface area contributed by atoms with Crippen LogP contribution in [0.1, 0.15) is 35.6 Å². The summed E-state index contributed by atoms with van der Waals surface area (Å²) in [5.74, 6) is 0. The molecule has 1 aliphatic rings. The van der Waals surface area contributed by atoms with E-state index in [1.165, 1.54) is 40.7 Å². The second-order valence-corrected chi connectivity index (χ2v) is 6.65. The number of benzene rings is 2. The second-order valence-electron chi connectivity index (χ2n) is 6.65. The van der Waals surface area contributed by atoms with Gasteiger partial charge in [-0.25, -0.2) is 4.98 Å². The van der Waals surface area contributed by atoms with E-state index in [2.05, 4.69) is 64.3 Å². The normalized spacial score (nSPS) is 17.3. The van der Waals surface area contributed by atoms with Crippen molar-refractivity contribution >= 4 is 0 Å². The molecule has 1 unspecified atom stereocenters. The Labute approximate surface area is 143 Å². The van der Waals surface area contributed by atoms with E-state index in [0.29, 0.717) is 6.04 Å². The maximum atomic E-state index is 4.09. The van der Waals surface area contributed by atoms with Crippen LogP contribution in [0.15, 0.2) is 61.2 Å². The molecule has 3 nitrogen and oxygen atoms in total. The maximum Gasteiger partial charge on any atom is 0.0949 e. The zero-order valence-corrected chi connectivity index (χ0v) is 14.1. The van der Waals surface area contributed by atoms with E-state index in [1.807, 2.05) is 18.7 Å². The highest BCUT2D eigenvalue weighted by Crippen LogP contribution is 2.29. The van der Waals surface area contributed by atoms with Gasteiger partial charge in [-0.2, -0.15) is 0 Å². The molecule has 1 aliphatic heterocycles. The van der Waals surface area contributed by atoms with E-state index in [4.69, 9.17) is 0 Å². The van der Waals surface area contributed by atoms with E-state index in [1.54, 1.807) is 0 Å². The summed E-state index contributed by atoms with van der Waals surface area (Å²) in [6.45, 7) is 4.24. The summed E-state index contributed by atoms with van der Waals surface area (Å²) in [4.78, 5) is 4.09. The molecule has 4 rings (SSSR count). The molecule has 1 saturated heterocycles. The number of rotatable bonds is 4. The van der Waals surface area contributed by atoms with Gasteiger partial charge in [-0.1, -0.05) is 42.5 Å². The zero-order chi connectivity index (χ0) is 16.4. The number of imidazole rings is 1. The van der Waals surface area contributed by atoms with E-state index in [-0.39, 0.29) is 0 Å². The van der Waals surface area contributed by atoms with Crippen LogP contribution in [0.2, 0.25) is 0 Å². The van der Waals surface area contributed by atoms with Crippen molar-refractivity contribution in [1.82, 2.24) is 14.9 Å². The molecule has 1 atom stereocenters. The number of nitrogens with zero attached hydrogens (tertiary/aromatic N) is 2. The first-order chi connectivity index (χ1) is 11.8. The first-order valence-corrected chi connectivity index (χ1v) is 8.68. The van der Waals surface area contributed by atoms with Crippen molar-refractivity contribution in [2.75, 3.05) is 6.54 Å². The van der Waals surface area contributed by atoms with E-state index < -0.39 is 0 Å². The molecule has 0 aliphatic carbocycles. The Morgan fingerprint density at radius 2 is 1.96 bits per heavy atom. The van der Waals surface area contributed by atoms with Crippen LogP contribution < -0.4 is 5.32 Å². The third-order valence-electron chi connectivity index (χ3n) is 4.92. The summed E-state index contributed by atoms with van der Waals surface area (Å²) in [6.07, 6.45) is 8.20. The van der Waals surface area contributed by atoms with Crippen molar-refractivity contribution in [2.24, 2.45) is 0 Å². The molecule has 2 heterocycles. The number of aryl methyl sites for hydroxylation is 1. The average molecular weight is 317 g/mol. The summed E-state index contributed by atoms with van der Waals surface area (Å²) in [5, 5.41) is 3.59. The molecule has 1 N–H and O–H groups in total. The van der Waals surface area contributed by atoms with Crippen LogP contribution in [-0.2, 0) is 6.54 Å². The molecule has 0 radical (unpaired) electrons. The molecule has 0 spiro atoms. The molecule has 3 heteroatoms. The molecule has 0 saturated carbocycles. The lowest BCUT2D eigenvalue weighted by atomic mass is 9.95. The minimum Gasteiger partial charge on any atom is -0.333 e. The lowest BCUT2D eigenvalue weighted by Crippen LogP contribution is -2.13. The average Bonchev–Trinajstić information content (AvgIpc) is 3.29. The number of hydrogen-bond donors (Lipinski definition) is 1. The highest BCUT2D eigenvalue weighted by molar-refractivity contribution is 5.65. The minimum atomic E-state index is 0.539. The monoisotopic (exact) mass is 317 g/mol. The Balaban J connectivity index is 1.54. The fourth-order valence-electron chi connectivity index (χ4n) is 3.59. The molecular formula is C21H23N3. The predicted octanol–water partition coefficient (Wildman–Crippen LogP) is 4.33. The summed E-state index contributed by atoms with van der Waals surface area (Å²) in [5.41, 5.74) is 6.70. The Morgan fingerprint density at radius 1 is 1.12 bits per heavy atom. The van der Waals surface area contributed by atoms with Gasteiger partial charge >= 0.3 is 0 Å². The Bertz CT molecular complexity index is 798. The van der Waals surface area contributed by atoms with Crippen molar-refractivity contribution in [2.45, 2.75) is 32.4 Å². The summed E-state index contributed by atoms with van der Waals surface area (Å²) >= 11 is 0. The fraction of sp³-hybridized carbons (Fsp3) is 0.286. The van der Waals surface area contributed by atoms with Crippen LogP contribution in [0.25, 0.3) is 11.1 Å². The van der Waals surface area contributed by atoms with Crippen LogP contribution in [0.4, 0.5) is 0 Å². The van der Waals surface area contributed by atoms with Gasteiger partial charge in [0.05, 0.1) is 6.33 Å². The van der Waals surface area contributed by atoms with Crippen molar-refractivity contribution in [1.29, 1.82) is 0 Å². The van der Waals surface area contributed by atoms with Gasteiger partial charge in [-0.15, -0.1) is 0 Å². The van der Waals surface area contributed by atoms with Crippen molar-refractivity contribution in [3.63, 3.8) is 0 Å². The second kappa shape index (κ2) is 6.62. The van der Waals surface area contributed by atoms with Gasteiger partial charge in [-0.05, 0) is 54.1 Å². The molecule has 0 amide bonds. The van der Waals surface area contributed by atoms with Crippen LogP contribution in [0.3, 0.4) is 0 Å². The SMILES string of the molecule is Cc1cc(-c2ccc(Cn3ccnc3)cc2)ccc1C1CCCN1. The van der Waals surface area contributed by atoms with Gasteiger partial charge < -0.3 is 9.88 Å². The number of hydrogen-bond acceptors (Lipinski definition) is 2. The molecule has 0 bridgehead atoms. The maximum absolute atomic E-state index is 4.09. The van der Waals surface area contributed by atoms with Crippen LogP contribution in [0, 0.1) is 6.92 Å². The molecule has 1 fully saturated rings. The molecule has 24 heavy (non-hydrogen) atoms. The quantitative estimate of drug-likeness (QED) is 0.776. The molecule has 2 aromatic carbocycles. The Kier molecular flexibility index (Phi) is 4.18. The van der Waals surface area contributed by atoms with Crippen molar-refractivity contribution in [3.8, 4) is 11.1 Å². The number of aromatic nitrogens is 2. The fourth-order valence-corrected chi connectivity index (χ4v) is 3.59. The topological polar surface area (TPSA) is 29.9 Å². The van der Waals surface area contributed by atoms with Crippen molar-refractivity contribution in [3.05, 3.63) is 77.9 Å². The van der Waals surface area contributed by atoms with Crippen LogP contribution in [-0.4, -0.2) is 16.1 Å². The number of nitrogens with one attached hydrogen (secondary N) is 1. The lowest BCUT2D eigenvalue weighted by Gasteiger charge is -2.15. The lowest BCUT2D eigenvalue weighted by molar-refractivity contribution is 0.644. The smallest absolute Gasteiger partial charge is 0.0949 e. The predicted molar refractivity (Wildman–Crippen MR) is 97.9 cm³/mol.